The molecule has 12 heavy (non-hydrogen) atoms. The minimum Gasteiger partial charge on any atom is -0.508 e. The molecule has 0 aliphatic heterocycles. The zero-order valence-corrected chi connectivity index (χ0v) is 7.08. The van der Waals surface area contributed by atoms with E-state index in [0.29, 0.717) is 12.8 Å². The smallest absolute Gasteiger partial charge is 0.120 e. The third-order valence-electron chi connectivity index (χ3n) is 1.77. The zero-order valence-electron chi connectivity index (χ0n) is 7.08. The van der Waals surface area contributed by atoms with Gasteiger partial charge in [-0.05, 0) is 25.0 Å². The van der Waals surface area contributed by atoms with Crippen molar-refractivity contribution in [1.82, 2.24) is 0 Å². The van der Waals surface area contributed by atoms with Gasteiger partial charge in [0.05, 0.1) is 0 Å². The van der Waals surface area contributed by atoms with Crippen LogP contribution in [0, 0.1) is 6.92 Å². The summed E-state index contributed by atoms with van der Waals surface area (Å²) in [4.78, 5) is 10.1. The van der Waals surface area contributed by atoms with Gasteiger partial charge in [-0.3, -0.25) is 0 Å². The van der Waals surface area contributed by atoms with E-state index in [1.807, 2.05) is 19.1 Å². The molecule has 0 aromatic heterocycles. The fourth-order valence-electron chi connectivity index (χ4n) is 1.13. The molecule has 1 N–H and O–H groups in total. The lowest BCUT2D eigenvalue weighted by atomic mass is 10.1. The second-order valence-electron chi connectivity index (χ2n) is 2.84. The number of aryl methyl sites for hydroxylation is 2. The number of aldehydes is 1. The van der Waals surface area contributed by atoms with Crippen LogP contribution in [0.1, 0.15) is 17.5 Å². The Morgan fingerprint density at radius 2 is 2.25 bits per heavy atom. The van der Waals surface area contributed by atoms with Crippen molar-refractivity contribution in [2.75, 3.05) is 0 Å². The Kier molecular flexibility index (Phi) is 2.86. The van der Waals surface area contributed by atoms with Gasteiger partial charge in [0, 0.05) is 6.42 Å². The molecule has 0 bridgehead atoms. The van der Waals surface area contributed by atoms with Crippen molar-refractivity contribution in [3.8, 4) is 5.75 Å². The second kappa shape index (κ2) is 3.90. The number of carbonyl (C=O) groups excluding carboxylic acids is 1. The van der Waals surface area contributed by atoms with Crippen molar-refractivity contribution in [3.63, 3.8) is 0 Å². The molecule has 0 saturated heterocycles. The predicted octanol–water partition coefficient (Wildman–Crippen LogP) is 1.83. The fourth-order valence-corrected chi connectivity index (χ4v) is 1.13. The molecule has 0 unspecified atom stereocenters. The lowest BCUT2D eigenvalue weighted by Crippen LogP contribution is -1.87. The number of phenols is 1. The summed E-state index contributed by atoms with van der Waals surface area (Å²) < 4.78 is 0. The molecule has 2 nitrogen and oxygen atoms in total. The summed E-state index contributed by atoms with van der Waals surface area (Å²) in [5.74, 6) is 0.280. The Labute approximate surface area is 71.8 Å². The molecule has 0 heterocycles. The highest BCUT2D eigenvalue weighted by molar-refractivity contribution is 5.51. The molecule has 0 saturated carbocycles. The number of rotatable bonds is 3. The quantitative estimate of drug-likeness (QED) is 0.692. The first-order valence-electron chi connectivity index (χ1n) is 3.96. The zero-order chi connectivity index (χ0) is 8.97. The van der Waals surface area contributed by atoms with Gasteiger partial charge in [-0.2, -0.15) is 0 Å². The van der Waals surface area contributed by atoms with Crippen molar-refractivity contribution < 1.29 is 9.90 Å². The largest absolute Gasteiger partial charge is 0.508 e. The molecule has 2 heteroatoms. The van der Waals surface area contributed by atoms with Gasteiger partial charge < -0.3 is 9.90 Å². The van der Waals surface area contributed by atoms with Gasteiger partial charge in [-0.15, -0.1) is 0 Å². The van der Waals surface area contributed by atoms with Crippen molar-refractivity contribution in [2.45, 2.75) is 19.8 Å². The standard InChI is InChI=1S/C10H12O2/c1-8-4-5-10(12)9(7-8)3-2-6-11/h4-7,12H,2-3H2,1H3. The van der Waals surface area contributed by atoms with Gasteiger partial charge in [-0.25, -0.2) is 0 Å². The highest BCUT2D eigenvalue weighted by atomic mass is 16.3. The van der Waals surface area contributed by atoms with Gasteiger partial charge in [-0.1, -0.05) is 17.7 Å². The summed E-state index contributed by atoms with van der Waals surface area (Å²) in [6, 6.07) is 5.41. The highest BCUT2D eigenvalue weighted by Gasteiger charge is 1.99. The number of carbonyl (C=O) groups is 1. The Bertz CT molecular complexity index is 279. The van der Waals surface area contributed by atoms with Crippen LogP contribution in [0.4, 0.5) is 0 Å². The molecule has 0 amide bonds. The highest BCUT2D eigenvalue weighted by Crippen LogP contribution is 2.18. The first-order valence-corrected chi connectivity index (χ1v) is 3.96. The van der Waals surface area contributed by atoms with Crippen molar-refractivity contribution >= 4 is 6.29 Å². The monoisotopic (exact) mass is 164 g/mol. The molecule has 0 radical (unpaired) electrons. The Balaban J connectivity index is 2.82. The van der Waals surface area contributed by atoms with Gasteiger partial charge in [0.1, 0.15) is 12.0 Å². The lowest BCUT2D eigenvalue weighted by Gasteiger charge is -2.02. The maximum atomic E-state index is 10.1. The Morgan fingerprint density at radius 1 is 1.50 bits per heavy atom. The minimum absolute atomic E-state index is 0.280. The van der Waals surface area contributed by atoms with Crippen LogP contribution in [-0.4, -0.2) is 11.4 Å². The van der Waals surface area contributed by atoms with E-state index in [4.69, 9.17) is 0 Å². The van der Waals surface area contributed by atoms with Crippen LogP contribution < -0.4 is 0 Å². The molecule has 64 valence electrons. The van der Waals surface area contributed by atoms with E-state index in [1.165, 1.54) is 0 Å². The molecule has 0 fully saturated rings. The first-order chi connectivity index (χ1) is 5.74. The molecular weight excluding hydrogens is 152 g/mol. The third-order valence-corrected chi connectivity index (χ3v) is 1.77. The number of benzene rings is 1. The van der Waals surface area contributed by atoms with E-state index in [1.54, 1.807) is 6.07 Å². The van der Waals surface area contributed by atoms with Crippen molar-refractivity contribution in [3.05, 3.63) is 29.3 Å². The maximum absolute atomic E-state index is 10.1. The molecule has 1 aromatic rings. The van der Waals surface area contributed by atoms with Crippen LogP contribution in [0.3, 0.4) is 0 Å². The van der Waals surface area contributed by atoms with Gasteiger partial charge in [0.2, 0.25) is 0 Å². The molecule has 1 rings (SSSR count). The van der Waals surface area contributed by atoms with Gasteiger partial charge >= 0.3 is 0 Å². The fraction of sp³-hybridized carbons (Fsp3) is 0.300. The second-order valence-corrected chi connectivity index (χ2v) is 2.84. The van der Waals surface area contributed by atoms with Crippen LogP contribution in [0.15, 0.2) is 18.2 Å². The average Bonchev–Trinajstić information content (AvgIpc) is 2.07. The summed E-state index contributed by atoms with van der Waals surface area (Å²) in [6.07, 6.45) is 1.95. The summed E-state index contributed by atoms with van der Waals surface area (Å²) in [7, 11) is 0. The van der Waals surface area contributed by atoms with Crippen LogP contribution >= 0.6 is 0 Å². The normalized spacial score (nSPS) is 9.75. The van der Waals surface area contributed by atoms with E-state index in [9.17, 15) is 9.90 Å². The molecule has 0 aliphatic rings. The molecular formula is C10H12O2. The van der Waals surface area contributed by atoms with Gasteiger partial charge in [0.25, 0.3) is 0 Å². The van der Waals surface area contributed by atoms with Crippen molar-refractivity contribution in [1.29, 1.82) is 0 Å². The van der Waals surface area contributed by atoms with E-state index in [2.05, 4.69) is 0 Å². The summed E-state index contributed by atoms with van der Waals surface area (Å²) in [6.45, 7) is 1.96. The Hall–Kier alpha value is -1.31. The lowest BCUT2D eigenvalue weighted by molar-refractivity contribution is -0.107. The van der Waals surface area contributed by atoms with Gasteiger partial charge in [0.15, 0.2) is 0 Å². The van der Waals surface area contributed by atoms with Crippen molar-refractivity contribution in [2.24, 2.45) is 0 Å². The molecule has 0 atom stereocenters. The SMILES string of the molecule is Cc1ccc(O)c(CCC=O)c1. The number of phenolic OH excluding ortho intramolecular Hbond substituents is 1. The van der Waals surface area contributed by atoms with Crippen LogP contribution in [0.2, 0.25) is 0 Å². The van der Waals surface area contributed by atoms with Crippen LogP contribution in [0.5, 0.6) is 5.75 Å². The molecule has 0 spiro atoms. The maximum Gasteiger partial charge on any atom is 0.120 e. The number of hydrogen-bond acceptors (Lipinski definition) is 2. The first kappa shape index (κ1) is 8.78. The van der Waals surface area contributed by atoms with Crippen LogP contribution in [-0.2, 0) is 11.2 Å². The van der Waals surface area contributed by atoms with Crippen LogP contribution in [0.25, 0.3) is 0 Å². The van der Waals surface area contributed by atoms with E-state index in [-0.39, 0.29) is 5.75 Å². The minimum atomic E-state index is 0.280. The topological polar surface area (TPSA) is 37.3 Å². The predicted molar refractivity (Wildman–Crippen MR) is 47.2 cm³/mol. The van der Waals surface area contributed by atoms with E-state index >= 15 is 0 Å². The summed E-state index contributed by atoms with van der Waals surface area (Å²) >= 11 is 0. The Morgan fingerprint density at radius 3 is 2.92 bits per heavy atom. The molecule has 0 aliphatic carbocycles. The summed E-state index contributed by atoms with van der Waals surface area (Å²) in [5.41, 5.74) is 1.95. The third kappa shape index (κ3) is 2.09. The summed E-state index contributed by atoms with van der Waals surface area (Å²) in [5, 5.41) is 9.35. The molecule has 1 aromatic carbocycles. The average molecular weight is 164 g/mol. The number of hydrogen-bond donors (Lipinski definition) is 1. The van der Waals surface area contributed by atoms with E-state index < -0.39 is 0 Å². The van der Waals surface area contributed by atoms with E-state index in [0.717, 1.165) is 17.4 Å². The number of aromatic hydroxyl groups is 1.